The van der Waals surface area contributed by atoms with E-state index >= 15 is 0 Å². The fourth-order valence-corrected chi connectivity index (χ4v) is 2.10. The Hall–Kier alpha value is -0.935. The smallest absolute Gasteiger partial charge is 0.403 e. The molecule has 2 rings (SSSR count). The molecule has 1 aliphatic rings. The van der Waals surface area contributed by atoms with Crippen molar-refractivity contribution >= 4 is 7.12 Å². The molecular weight excluding hydrogens is 249 g/mol. The molecule has 1 fully saturated rings. The van der Waals surface area contributed by atoms with E-state index in [0.29, 0.717) is 6.32 Å². The molecule has 0 atom stereocenters. The Morgan fingerprint density at radius 1 is 1.11 bits per heavy atom. The first kappa shape index (κ1) is 14.5. The second-order valence-corrected chi connectivity index (χ2v) is 5.94. The monoisotopic (exact) mass is 268 g/mol. The maximum absolute atomic E-state index is 12.6. The lowest BCUT2D eigenvalue weighted by molar-refractivity contribution is 0.00578. The van der Waals surface area contributed by atoms with Gasteiger partial charge >= 0.3 is 7.12 Å². The number of hydrogen-bond acceptors (Lipinski definition) is 2. The summed E-state index contributed by atoms with van der Waals surface area (Å²) < 4.78 is 37.0. The third kappa shape index (κ3) is 2.98. The molecule has 5 heteroatoms. The summed E-state index contributed by atoms with van der Waals surface area (Å²) in [5, 5.41) is 0. The SMILES string of the molecule is CC1(C)OB(Cc2cccc(C(F)F)c2)OC1(C)C. The van der Waals surface area contributed by atoms with Gasteiger partial charge in [0, 0.05) is 11.9 Å². The van der Waals surface area contributed by atoms with Gasteiger partial charge in [-0.3, -0.25) is 0 Å². The van der Waals surface area contributed by atoms with Gasteiger partial charge in [-0.15, -0.1) is 0 Å². The van der Waals surface area contributed by atoms with Crippen LogP contribution in [0.4, 0.5) is 8.78 Å². The van der Waals surface area contributed by atoms with Crippen LogP contribution in [-0.4, -0.2) is 18.3 Å². The van der Waals surface area contributed by atoms with E-state index in [1.807, 2.05) is 33.8 Å². The molecular formula is C14H19BF2O2. The van der Waals surface area contributed by atoms with Crippen molar-refractivity contribution in [3.8, 4) is 0 Å². The van der Waals surface area contributed by atoms with E-state index in [2.05, 4.69) is 0 Å². The van der Waals surface area contributed by atoms with Crippen molar-refractivity contribution in [2.24, 2.45) is 0 Å². The summed E-state index contributed by atoms with van der Waals surface area (Å²) in [4.78, 5) is 0. The van der Waals surface area contributed by atoms with Crippen molar-refractivity contribution < 1.29 is 18.1 Å². The Kier molecular flexibility index (Phi) is 3.71. The second kappa shape index (κ2) is 4.87. The summed E-state index contributed by atoms with van der Waals surface area (Å²) in [5.74, 6) is 0. The highest BCUT2D eigenvalue weighted by Crippen LogP contribution is 2.37. The van der Waals surface area contributed by atoms with Gasteiger partial charge in [-0.2, -0.15) is 0 Å². The largest absolute Gasteiger partial charge is 0.462 e. The lowest BCUT2D eigenvalue weighted by Crippen LogP contribution is -2.41. The molecule has 0 aliphatic carbocycles. The molecule has 0 aromatic heterocycles. The van der Waals surface area contributed by atoms with Crippen LogP contribution in [0.15, 0.2) is 24.3 Å². The molecule has 0 bridgehead atoms. The molecule has 19 heavy (non-hydrogen) atoms. The molecule has 0 N–H and O–H groups in total. The molecule has 104 valence electrons. The van der Waals surface area contributed by atoms with Gasteiger partial charge < -0.3 is 9.31 Å². The van der Waals surface area contributed by atoms with E-state index in [9.17, 15) is 8.78 Å². The molecule has 2 nitrogen and oxygen atoms in total. The first-order valence-corrected chi connectivity index (χ1v) is 6.44. The number of hydrogen-bond donors (Lipinski definition) is 0. The minimum atomic E-state index is -2.45. The zero-order valence-corrected chi connectivity index (χ0v) is 11.7. The fraction of sp³-hybridized carbons (Fsp3) is 0.571. The van der Waals surface area contributed by atoms with Crippen molar-refractivity contribution in [3.63, 3.8) is 0 Å². The van der Waals surface area contributed by atoms with E-state index in [1.165, 1.54) is 12.1 Å². The number of benzene rings is 1. The molecule has 0 unspecified atom stereocenters. The van der Waals surface area contributed by atoms with Gasteiger partial charge in [0.05, 0.1) is 11.2 Å². The Morgan fingerprint density at radius 2 is 1.68 bits per heavy atom. The van der Waals surface area contributed by atoms with Crippen LogP contribution in [0.25, 0.3) is 0 Å². The summed E-state index contributed by atoms with van der Waals surface area (Å²) in [6.07, 6.45) is -1.97. The predicted molar refractivity (Wildman–Crippen MR) is 71.2 cm³/mol. The topological polar surface area (TPSA) is 18.5 Å². The maximum Gasteiger partial charge on any atom is 0.462 e. The van der Waals surface area contributed by atoms with Crippen molar-refractivity contribution in [1.82, 2.24) is 0 Å². The summed E-state index contributed by atoms with van der Waals surface area (Å²) in [7, 11) is -0.391. The summed E-state index contributed by atoms with van der Waals surface area (Å²) in [6, 6.07) is 6.40. The van der Waals surface area contributed by atoms with Gasteiger partial charge in [-0.05, 0) is 33.3 Å². The van der Waals surface area contributed by atoms with E-state index in [4.69, 9.17) is 9.31 Å². The first-order valence-electron chi connectivity index (χ1n) is 6.44. The van der Waals surface area contributed by atoms with Gasteiger partial charge in [-0.1, -0.05) is 24.3 Å². The third-order valence-corrected chi connectivity index (χ3v) is 3.91. The molecule has 1 saturated heterocycles. The lowest BCUT2D eigenvalue weighted by Gasteiger charge is -2.32. The van der Waals surface area contributed by atoms with Gasteiger partial charge in [0.15, 0.2) is 0 Å². The summed E-state index contributed by atoms with van der Waals surface area (Å²) >= 11 is 0. The van der Waals surface area contributed by atoms with E-state index in [-0.39, 0.29) is 5.56 Å². The quantitative estimate of drug-likeness (QED) is 0.776. The van der Waals surface area contributed by atoms with Crippen LogP contribution in [0.5, 0.6) is 0 Å². The van der Waals surface area contributed by atoms with Gasteiger partial charge in [0.25, 0.3) is 6.43 Å². The van der Waals surface area contributed by atoms with E-state index in [0.717, 1.165) is 5.56 Å². The van der Waals surface area contributed by atoms with Crippen LogP contribution in [0.1, 0.15) is 45.2 Å². The Balaban J connectivity index is 2.09. The lowest BCUT2D eigenvalue weighted by atomic mass is 9.80. The van der Waals surface area contributed by atoms with Crippen LogP contribution < -0.4 is 0 Å². The fourth-order valence-electron chi connectivity index (χ4n) is 2.10. The van der Waals surface area contributed by atoms with Crippen LogP contribution in [-0.2, 0) is 15.6 Å². The first-order chi connectivity index (χ1) is 8.71. The number of rotatable bonds is 3. The van der Waals surface area contributed by atoms with Crippen LogP contribution in [0.3, 0.4) is 0 Å². The Morgan fingerprint density at radius 3 is 2.21 bits per heavy atom. The third-order valence-electron chi connectivity index (χ3n) is 3.91. The minimum absolute atomic E-state index is 0.0361. The van der Waals surface area contributed by atoms with E-state index in [1.54, 1.807) is 6.07 Å². The number of halogens is 2. The predicted octanol–water partition coefficient (Wildman–Crippen LogP) is 3.80. The standard InChI is InChI=1S/C14H19BF2O2/c1-13(2)14(3,4)19-15(18-13)9-10-6-5-7-11(8-10)12(16)17/h5-8,12H,9H2,1-4H3. The van der Waals surface area contributed by atoms with Crippen LogP contribution in [0.2, 0.25) is 0 Å². The molecule has 0 spiro atoms. The van der Waals surface area contributed by atoms with Crippen molar-refractivity contribution in [2.45, 2.75) is 51.6 Å². The summed E-state index contributed by atoms with van der Waals surface area (Å²) in [5.41, 5.74) is 0.0565. The van der Waals surface area contributed by atoms with Crippen molar-refractivity contribution in [3.05, 3.63) is 35.4 Å². The van der Waals surface area contributed by atoms with Gasteiger partial charge in [-0.25, -0.2) is 8.78 Å². The van der Waals surface area contributed by atoms with Gasteiger partial charge in [0.2, 0.25) is 0 Å². The van der Waals surface area contributed by atoms with Crippen molar-refractivity contribution in [2.75, 3.05) is 0 Å². The normalized spacial score (nSPS) is 21.1. The Bertz CT molecular complexity index is 445. The molecule has 1 aromatic carbocycles. The highest BCUT2D eigenvalue weighted by Gasteiger charge is 2.50. The molecule has 0 radical (unpaired) electrons. The number of alkyl halides is 2. The van der Waals surface area contributed by atoms with E-state index < -0.39 is 24.7 Å². The second-order valence-electron chi connectivity index (χ2n) is 5.94. The average Bonchev–Trinajstić information content (AvgIpc) is 2.47. The van der Waals surface area contributed by atoms with Crippen molar-refractivity contribution in [1.29, 1.82) is 0 Å². The highest BCUT2D eigenvalue weighted by molar-refractivity contribution is 6.45. The highest BCUT2D eigenvalue weighted by atomic mass is 19.3. The van der Waals surface area contributed by atoms with Crippen LogP contribution >= 0.6 is 0 Å². The molecule has 1 aliphatic heterocycles. The zero-order valence-electron chi connectivity index (χ0n) is 11.7. The summed E-state index contributed by atoms with van der Waals surface area (Å²) in [6.45, 7) is 7.90. The molecule has 1 aromatic rings. The average molecular weight is 268 g/mol. The van der Waals surface area contributed by atoms with Crippen LogP contribution in [0, 0.1) is 0 Å². The minimum Gasteiger partial charge on any atom is -0.403 e. The molecule has 0 amide bonds. The zero-order chi connectivity index (χ0) is 14.3. The maximum atomic E-state index is 12.6. The molecule has 1 heterocycles. The van der Waals surface area contributed by atoms with Gasteiger partial charge in [0.1, 0.15) is 0 Å². The Labute approximate surface area is 113 Å². The molecule has 0 saturated carbocycles.